The number of anilines is 1. The molecular weight excluding hydrogens is 268 g/mol. The summed E-state index contributed by atoms with van der Waals surface area (Å²) < 4.78 is 11.0. The molecule has 5 heteroatoms. The molecule has 112 valence electrons. The second-order valence-electron chi connectivity index (χ2n) is 4.53. The zero-order valence-corrected chi connectivity index (χ0v) is 12.3. The topological polar surface area (TPSA) is 63.6 Å². The average molecular weight is 288 g/mol. The van der Waals surface area contributed by atoms with Crippen LogP contribution in [-0.2, 0) is 6.61 Å². The summed E-state index contributed by atoms with van der Waals surface area (Å²) in [7, 11) is 1.57. The molecule has 0 fully saturated rings. The maximum Gasteiger partial charge on any atom is 0.221 e. The minimum Gasteiger partial charge on any atom is -0.493 e. The maximum atomic E-state index is 9.14. The average Bonchev–Trinajstić information content (AvgIpc) is 2.53. The smallest absolute Gasteiger partial charge is 0.221 e. The van der Waals surface area contributed by atoms with Gasteiger partial charge in [0.1, 0.15) is 5.82 Å². The van der Waals surface area contributed by atoms with Crippen molar-refractivity contribution in [2.45, 2.75) is 20.0 Å². The summed E-state index contributed by atoms with van der Waals surface area (Å²) in [5, 5.41) is 12.4. The number of pyridine rings is 1. The van der Waals surface area contributed by atoms with Gasteiger partial charge >= 0.3 is 0 Å². The second-order valence-corrected chi connectivity index (χ2v) is 4.53. The van der Waals surface area contributed by atoms with Crippen molar-refractivity contribution in [2.24, 2.45) is 0 Å². The molecule has 0 saturated heterocycles. The van der Waals surface area contributed by atoms with Gasteiger partial charge in [-0.3, -0.25) is 0 Å². The Bertz CT molecular complexity index is 587. The van der Waals surface area contributed by atoms with E-state index in [1.54, 1.807) is 31.4 Å². The summed E-state index contributed by atoms with van der Waals surface area (Å²) in [4.78, 5) is 4.39. The number of aromatic nitrogens is 1. The molecule has 0 spiro atoms. The van der Waals surface area contributed by atoms with E-state index in [0.29, 0.717) is 17.4 Å². The number of benzene rings is 1. The summed E-state index contributed by atoms with van der Waals surface area (Å²) in [6.07, 6.45) is 1.03. The number of hydrogen-bond acceptors (Lipinski definition) is 5. The lowest BCUT2D eigenvalue weighted by molar-refractivity contribution is 0.280. The molecule has 2 aromatic rings. The molecule has 5 nitrogen and oxygen atoms in total. The van der Waals surface area contributed by atoms with Crippen molar-refractivity contribution in [1.82, 2.24) is 4.98 Å². The number of rotatable bonds is 7. The van der Waals surface area contributed by atoms with Gasteiger partial charge in [-0.2, -0.15) is 4.98 Å². The lowest BCUT2D eigenvalue weighted by atomic mass is 10.2. The molecule has 0 aliphatic rings. The lowest BCUT2D eigenvalue weighted by Crippen LogP contribution is -2.02. The first kappa shape index (κ1) is 15.1. The molecule has 1 aromatic carbocycles. The zero-order valence-electron chi connectivity index (χ0n) is 12.3. The summed E-state index contributed by atoms with van der Waals surface area (Å²) in [6, 6.07) is 10.9. The number of nitrogens with one attached hydrogen (secondary N) is 1. The van der Waals surface area contributed by atoms with E-state index in [1.165, 1.54) is 0 Å². The first-order valence-corrected chi connectivity index (χ1v) is 6.93. The van der Waals surface area contributed by atoms with E-state index in [-0.39, 0.29) is 6.61 Å². The van der Waals surface area contributed by atoms with E-state index in [1.807, 2.05) is 12.1 Å². The minimum atomic E-state index is -0.0364. The first-order valence-electron chi connectivity index (χ1n) is 6.93. The maximum absolute atomic E-state index is 9.14. The van der Waals surface area contributed by atoms with Gasteiger partial charge in [0, 0.05) is 12.6 Å². The zero-order chi connectivity index (χ0) is 15.1. The number of methoxy groups -OCH3 is 1. The molecule has 0 unspecified atom stereocenters. The molecule has 2 N–H and O–H groups in total. The van der Waals surface area contributed by atoms with E-state index >= 15 is 0 Å². The number of ether oxygens (including phenoxy) is 2. The van der Waals surface area contributed by atoms with Crippen molar-refractivity contribution in [3.63, 3.8) is 0 Å². The van der Waals surface area contributed by atoms with Gasteiger partial charge < -0.3 is 19.9 Å². The Hall–Kier alpha value is -2.27. The van der Waals surface area contributed by atoms with Gasteiger partial charge in [0.15, 0.2) is 11.5 Å². The van der Waals surface area contributed by atoms with Crippen molar-refractivity contribution in [3.05, 3.63) is 42.0 Å². The summed E-state index contributed by atoms with van der Waals surface area (Å²) >= 11 is 0. The SMILES string of the molecule is CCCNc1cccc(Oc2ccc(CO)cc2OC)n1. The van der Waals surface area contributed by atoms with Gasteiger partial charge in [-0.1, -0.05) is 19.1 Å². The monoisotopic (exact) mass is 288 g/mol. The van der Waals surface area contributed by atoms with E-state index in [0.717, 1.165) is 24.3 Å². The molecule has 0 atom stereocenters. The molecule has 0 aliphatic heterocycles. The third-order valence-electron chi connectivity index (χ3n) is 2.90. The van der Waals surface area contributed by atoms with Crippen molar-refractivity contribution in [2.75, 3.05) is 19.0 Å². The van der Waals surface area contributed by atoms with Crippen LogP contribution in [0.4, 0.5) is 5.82 Å². The Labute approximate surface area is 124 Å². The molecule has 2 rings (SSSR count). The molecule has 1 heterocycles. The Morgan fingerprint density at radius 1 is 1.19 bits per heavy atom. The van der Waals surface area contributed by atoms with E-state index < -0.39 is 0 Å². The highest BCUT2D eigenvalue weighted by Gasteiger charge is 2.08. The fourth-order valence-corrected chi connectivity index (χ4v) is 1.83. The Morgan fingerprint density at radius 3 is 2.76 bits per heavy atom. The van der Waals surface area contributed by atoms with Gasteiger partial charge in [-0.05, 0) is 30.2 Å². The first-order chi connectivity index (χ1) is 10.3. The highest BCUT2D eigenvalue weighted by molar-refractivity contribution is 5.45. The van der Waals surface area contributed by atoms with Crippen LogP contribution in [-0.4, -0.2) is 23.7 Å². The molecular formula is C16H20N2O3. The van der Waals surface area contributed by atoms with Gasteiger partial charge in [-0.25, -0.2) is 0 Å². The Kier molecular flexibility index (Phi) is 5.40. The van der Waals surface area contributed by atoms with Crippen molar-refractivity contribution < 1.29 is 14.6 Å². The second kappa shape index (κ2) is 7.50. The van der Waals surface area contributed by atoms with Crippen LogP contribution in [0.15, 0.2) is 36.4 Å². The summed E-state index contributed by atoms with van der Waals surface area (Å²) in [6.45, 7) is 2.93. The van der Waals surface area contributed by atoms with Gasteiger partial charge in [0.25, 0.3) is 0 Å². The van der Waals surface area contributed by atoms with Crippen molar-refractivity contribution >= 4 is 5.82 Å². The number of aliphatic hydroxyl groups is 1. The van der Waals surface area contributed by atoms with E-state index in [4.69, 9.17) is 14.6 Å². The van der Waals surface area contributed by atoms with Crippen LogP contribution in [0.1, 0.15) is 18.9 Å². The lowest BCUT2D eigenvalue weighted by Gasteiger charge is -2.11. The van der Waals surface area contributed by atoms with Crippen molar-refractivity contribution in [1.29, 1.82) is 0 Å². The molecule has 0 amide bonds. The fraction of sp³-hybridized carbons (Fsp3) is 0.312. The predicted octanol–water partition coefficient (Wildman–Crippen LogP) is 3.20. The van der Waals surface area contributed by atoms with Crippen LogP contribution < -0.4 is 14.8 Å². The molecule has 21 heavy (non-hydrogen) atoms. The molecule has 0 bridgehead atoms. The Balaban J connectivity index is 2.17. The quantitative estimate of drug-likeness (QED) is 0.819. The molecule has 0 aliphatic carbocycles. The largest absolute Gasteiger partial charge is 0.493 e. The normalized spacial score (nSPS) is 10.2. The van der Waals surface area contributed by atoms with Crippen LogP contribution in [0.3, 0.4) is 0 Å². The highest BCUT2D eigenvalue weighted by atomic mass is 16.5. The van der Waals surface area contributed by atoms with Crippen LogP contribution in [0.25, 0.3) is 0 Å². The number of aliphatic hydroxyl groups excluding tert-OH is 1. The van der Waals surface area contributed by atoms with E-state index in [2.05, 4.69) is 17.2 Å². The van der Waals surface area contributed by atoms with Crippen LogP contribution in [0, 0.1) is 0 Å². The molecule has 0 saturated carbocycles. The highest BCUT2D eigenvalue weighted by Crippen LogP contribution is 2.31. The summed E-state index contributed by atoms with van der Waals surface area (Å²) in [5.41, 5.74) is 0.769. The van der Waals surface area contributed by atoms with Gasteiger partial charge in [0.2, 0.25) is 5.88 Å². The van der Waals surface area contributed by atoms with Gasteiger partial charge in [0.05, 0.1) is 13.7 Å². The Morgan fingerprint density at radius 2 is 2.05 bits per heavy atom. The van der Waals surface area contributed by atoms with Crippen LogP contribution >= 0.6 is 0 Å². The predicted molar refractivity (Wildman–Crippen MR) is 82.0 cm³/mol. The third kappa shape index (κ3) is 4.10. The number of nitrogens with zero attached hydrogens (tertiary/aromatic N) is 1. The molecule has 1 aromatic heterocycles. The van der Waals surface area contributed by atoms with E-state index in [9.17, 15) is 0 Å². The fourth-order valence-electron chi connectivity index (χ4n) is 1.83. The molecule has 0 radical (unpaired) electrons. The third-order valence-corrected chi connectivity index (χ3v) is 2.90. The number of hydrogen-bond donors (Lipinski definition) is 2. The van der Waals surface area contributed by atoms with Crippen LogP contribution in [0.5, 0.6) is 17.4 Å². The minimum absolute atomic E-state index is 0.0364. The van der Waals surface area contributed by atoms with Crippen LogP contribution in [0.2, 0.25) is 0 Å². The standard InChI is InChI=1S/C16H20N2O3/c1-3-9-17-15-5-4-6-16(18-15)21-13-8-7-12(11-19)10-14(13)20-2/h4-8,10,19H,3,9,11H2,1-2H3,(H,17,18). The van der Waals surface area contributed by atoms with Crippen molar-refractivity contribution in [3.8, 4) is 17.4 Å². The summed E-state index contributed by atoms with van der Waals surface area (Å²) in [5.74, 6) is 2.40. The van der Waals surface area contributed by atoms with Gasteiger partial charge in [-0.15, -0.1) is 0 Å².